The number of hydrogen-bond donors (Lipinski definition) is 2. The molecule has 0 saturated carbocycles. The SMILES string of the molecule is COc1ccc2c(C(N)=O)nn(-c3cccc(C#CC4(O)CCN(C)C4=O)c3)c2n1. The molecule has 9 heteroatoms. The van der Waals surface area contributed by atoms with Crippen LogP contribution in [0.15, 0.2) is 36.4 Å². The molecule has 2 amide bonds. The Hall–Kier alpha value is -3.90. The second kappa shape index (κ2) is 7.17. The summed E-state index contributed by atoms with van der Waals surface area (Å²) in [7, 11) is 3.12. The van der Waals surface area contributed by atoms with Gasteiger partial charge in [-0.3, -0.25) is 9.59 Å². The van der Waals surface area contributed by atoms with Gasteiger partial charge in [-0.15, -0.1) is 0 Å². The molecule has 30 heavy (non-hydrogen) atoms. The highest BCUT2D eigenvalue weighted by Gasteiger charge is 2.42. The van der Waals surface area contributed by atoms with Gasteiger partial charge in [0, 0.05) is 31.6 Å². The number of nitrogens with two attached hydrogens (primary N) is 1. The average molecular weight is 405 g/mol. The minimum atomic E-state index is -1.68. The van der Waals surface area contributed by atoms with Crippen molar-refractivity contribution < 1.29 is 19.4 Å². The molecule has 3 aromatic rings. The van der Waals surface area contributed by atoms with Crippen molar-refractivity contribution in [2.75, 3.05) is 20.7 Å². The minimum absolute atomic E-state index is 0.0885. The van der Waals surface area contributed by atoms with Crippen molar-refractivity contribution in [2.24, 2.45) is 5.73 Å². The number of fused-ring (bicyclic) bond motifs is 1. The third kappa shape index (κ3) is 3.23. The average Bonchev–Trinajstić information content (AvgIpc) is 3.26. The predicted molar refractivity (Wildman–Crippen MR) is 108 cm³/mol. The largest absolute Gasteiger partial charge is 0.481 e. The fourth-order valence-electron chi connectivity index (χ4n) is 3.31. The number of aromatic nitrogens is 3. The van der Waals surface area contributed by atoms with Crippen molar-refractivity contribution >= 4 is 22.8 Å². The highest BCUT2D eigenvalue weighted by molar-refractivity contribution is 6.03. The molecule has 3 heterocycles. The van der Waals surface area contributed by atoms with E-state index in [9.17, 15) is 14.7 Å². The molecule has 1 unspecified atom stereocenters. The first-order valence-corrected chi connectivity index (χ1v) is 9.17. The van der Waals surface area contributed by atoms with Crippen LogP contribution in [0.1, 0.15) is 22.5 Å². The molecule has 4 rings (SSSR count). The van der Waals surface area contributed by atoms with Crippen LogP contribution in [0.4, 0.5) is 0 Å². The van der Waals surface area contributed by atoms with Gasteiger partial charge in [0.15, 0.2) is 11.3 Å². The maximum atomic E-state index is 12.1. The van der Waals surface area contributed by atoms with Crippen LogP contribution in [0, 0.1) is 11.8 Å². The maximum absolute atomic E-state index is 12.1. The second-order valence-electron chi connectivity index (χ2n) is 6.99. The van der Waals surface area contributed by atoms with Crippen LogP contribution in [-0.2, 0) is 4.79 Å². The van der Waals surface area contributed by atoms with E-state index in [4.69, 9.17) is 10.5 Å². The first-order valence-electron chi connectivity index (χ1n) is 9.17. The number of hydrogen-bond acceptors (Lipinski definition) is 6. The molecule has 0 spiro atoms. The molecule has 1 fully saturated rings. The molecule has 2 aromatic heterocycles. The third-order valence-electron chi connectivity index (χ3n) is 4.96. The Morgan fingerprint density at radius 2 is 2.13 bits per heavy atom. The highest BCUT2D eigenvalue weighted by atomic mass is 16.5. The van der Waals surface area contributed by atoms with Gasteiger partial charge in [0.1, 0.15) is 0 Å². The van der Waals surface area contributed by atoms with Crippen LogP contribution in [0.2, 0.25) is 0 Å². The lowest BCUT2D eigenvalue weighted by Crippen LogP contribution is -2.37. The van der Waals surface area contributed by atoms with Crippen molar-refractivity contribution in [2.45, 2.75) is 12.0 Å². The van der Waals surface area contributed by atoms with Crippen LogP contribution in [0.3, 0.4) is 0 Å². The van der Waals surface area contributed by atoms with Crippen molar-refractivity contribution in [1.29, 1.82) is 0 Å². The van der Waals surface area contributed by atoms with E-state index in [-0.39, 0.29) is 12.1 Å². The van der Waals surface area contributed by atoms with Crippen LogP contribution in [0.25, 0.3) is 16.7 Å². The van der Waals surface area contributed by atoms with Crippen molar-refractivity contribution in [3.63, 3.8) is 0 Å². The molecule has 0 bridgehead atoms. The van der Waals surface area contributed by atoms with E-state index in [2.05, 4.69) is 21.9 Å². The number of primary amides is 1. The number of pyridine rings is 1. The monoisotopic (exact) mass is 405 g/mol. The molecule has 0 radical (unpaired) electrons. The zero-order valence-electron chi connectivity index (χ0n) is 16.4. The van der Waals surface area contributed by atoms with Crippen LogP contribution in [-0.4, -0.2) is 62.9 Å². The summed E-state index contributed by atoms with van der Waals surface area (Å²) in [6.45, 7) is 0.451. The van der Waals surface area contributed by atoms with Gasteiger partial charge in [0.05, 0.1) is 18.2 Å². The van der Waals surface area contributed by atoms with E-state index in [1.54, 1.807) is 43.4 Å². The second-order valence-corrected chi connectivity index (χ2v) is 6.99. The summed E-state index contributed by atoms with van der Waals surface area (Å²) in [6, 6.07) is 10.3. The summed E-state index contributed by atoms with van der Waals surface area (Å²) in [5, 5.41) is 15.3. The molecule has 1 aliphatic rings. The smallest absolute Gasteiger partial charge is 0.269 e. The number of carbonyl (C=O) groups excluding carboxylic acids is 2. The number of likely N-dealkylation sites (tertiary alicyclic amines) is 1. The minimum Gasteiger partial charge on any atom is -0.481 e. The number of rotatable bonds is 3. The molecule has 9 nitrogen and oxygen atoms in total. The molecule has 152 valence electrons. The Labute approximate surface area is 172 Å². The normalized spacial score (nSPS) is 18.4. The summed E-state index contributed by atoms with van der Waals surface area (Å²) in [5.74, 6) is 4.83. The summed E-state index contributed by atoms with van der Waals surface area (Å²) >= 11 is 0. The molecule has 3 N–H and O–H groups in total. The van der Waals surface area contributed by atoms with Gasteiger partial charge in [-0.05, 0) is 24.3 Å². The molecule has 1 saturated heterocycles. The summed E-state index contributed by atoms with van der Waals surface area (Å²) in [4.78, 5) is 29.8. The standard InChI is InChI=1S/C21H19N5O4/c1-25-11-10-21(29,20(25)28)9-8-13-4-3-5-14(12-13)26-19-15(17(24-26)18(22)27)6-7-16(23-19)30-2/h3-7,12,29H,10-11H2,1-2H3,(H2,22,27). The molecule has 1 aromatic carbocycles. The lowest BCUT2D eigenvalue weighted by Gasteiger charge is -2.13. The van der Waals surface area contributed by atoms with Gasteiger partial charge < -0.3 is 20.5 Å². The fraction of sp³-hybridized carbons (Fsp3) is 0.238. The number of amides is 2. The Morgan fingerprint density at radius 1 is 1.33 bits per heavy atom. The lowest BCUT2D eigenvalue weighted by atomic mass is 10.0. The number of methoxy groups -OCH3 is 1. The van der Waals surface area contributed by atoms with Gasteiger partial charge in [0.2, 0.25) is 11.5 Å². The topological polar surface area (TPSA) is 124 Å². The zero-order valence-corrected chi connectivity index (χ0v) is 16.4. The number of nitrogens with zero attached hydrogens (tertiary/aromatic N) is 4. The van der Waals surface area contributed by atoms with E-state index in [1.165, 1.54) is 16.7 Å². The fourth-order valence-corrected chi connectivity index (χ4v) is 3.31. The number of likely N-dealkylation sites (N-methyl/N-ethyl adjacent to an activating group) is 1. The molecular formula is C21H19N5O4. The summed E-state index contributed by atoms with van der Waals surface area (Å²) < 4.78 is 6.66. The van der Waals surface area contributed by atoms with E-state index < -0.39 is 17.4 Å². The van der Waals surface area contributed by atoms with Gasteiger partial charge in [-0.2, -0.15) is 10.1 Å². The van der Waals surface area contributed by atoms with Gasteiger partial charge in [-0.1, -0.05) is 17.9 Å². The molecule has 1 atom stereocenters. The number of carbonyl (C=O) groups is 2. The van der Waals surface area contributed by atoms with Crippen LogP contribution in [0.5, 0.6) is 5.88 Å². The van der Waals surface area contributed by atoms with E-state index >= 15 is 0 Å². The highest BCUT2D eigenvalue weighted by Crippen LogP contribution is 2.24. The molecular weight excluding hydrogens is 386 g/mol. The Bertz CT molecular complexity index is 1240. The lowest BCUT2D eigenvalue weighted by molar-refractivity contribution is -0.137. The van der Waals surface area contributed by atoms with Gasteiger partial charge >= 0.3 is 0 Å². The van der Waals surface area contributed by atoms with Gasteiger partial charge in [0.25, 0.3) is 11.8 Å². The Kier molecular flexibility index (Phi) is 4.64. The summed E-state index contributed by atoms with van der Waals surface area (Å²) in [6.07, 6.45) is 0.254. The van der Waals surface area contributed by atoms with E-state index in [0.29, 0.717) is 34.7 Å². The molecule has 0 aliphatic carbocycles. The van der Waals surface area contributed by atoms with E-state index in [0.717, 1.165) is 0 Å². The quantitative estimate of drug-likeness (QED) is 0.611. The van der Waals surface area contributed by atoms with Crippen molar-refractivity contribution in [3.8, 4) is 23.4 Å². The Morgan fingerprint density at radius 3 is 2.80 bits per heavy atom. The first-order chi connectivity index (χ1) is 14.3. The maximum Gasteiger partial charge on any atom is 0.269 e. The predicted octanol–water partition coefficient (Wildman–Crippen LogP) is 0.473. The van der Waals surface area contributed by atoms with Crippen LogP contribution >= 0.6 is 0 Å². The van der Waals surface area contributed by atoms with Crippen molar-refractivity contribution in [3.05, 3.63) is 47.7 Å². The van der Waals surface area contributed by atoms with Gasteiger partial charge in [-0.25, -0.2) is 4.68 Å². The van der Waals surface area contributed by atoms with Crippen molar-refractivity contribution in [1.82, 2.24) is 19.7 Å². The first kappa shape index (κ1) is 19.4. The van der Waals surface area contributed by atoms with E-state index in [1.807, 2.05) is 0 Å². The molecule has 1 aliphatic heterocycles. The zero-order chi connectivity index (χ0) is 21.5. The Balaban J connectivity index is 1.78. The van der Waals surface area contributed by atoms with Crippen LogP contribution < -0.4 is 10.5 Å². The number of benzene rings is 1. The summed E-state index contributed by atoms with van der Waals surface area (Å²) in [5.41, 5.74) is 5.43. The number of ether oxygens (including phenoxy) is 1. The number of aliphatic hydroxyl groups is 1. The third-order valence-corrected chi connectivity index (χ3v) is 4.96.